The van der Waals surface area contributed by atoms with E-state index in [1.54, 1.807) is 27.7 Å². The molecule has 3 rings (SSSR count). The van der Waals surface area contributed by atoms with Gasteiger partial charge in [-0.1, -0.05) is 59.8 Å². The second-order valence-electron chi connectivity index (χ2n) is 25.7. The van der Waals surface area contributed by atoms with Gasteiger partial charge in [0.2, 0.25) is 29.5 Å². The number of rotatable bonds is 51. The Kier molecular flexibility index (Phi) is 42.6. The zero-order valence-electron chi connectivity index (χ0n) is 56.5. The van der Waals surface area contributed by atoms with Crippen molar-refractivity contribution in [1.82, 2.24) is 26.6 Å². The number of aliphatic hydroxyl groups excluding tert-OH is 9. The van der Waals surface area contributed by atoms with Crippen molar-refractivity contribution in [3.8, 4) is 0 Å². The molecule has 552 valence electrons. The topological polar surface area (TPSA) is 464 Å². The first kappa shape index (κ1) is 85.5. The molecule has 0 aromatic heterocycles. The molecule has 0 bridgehead atoms. The van der Waals surface area contributed by atoms with Gasteiger partial charge in [0.15, 0.2) is 24.7 Å². The number of hydrogen-bond donors (Lipinski definition) is 15. The molecule has 3 saturated heterocycles. The fraction of sp³-hybridized carbons (Fsp3) is 0.891. The molecule has 0 saturated carbocycles. The number of ether oxygens (including phenoxy) is 6. The molecule has 95 heavy (non-hydrogen) atoms. The van der Waals surface area contributed by atoms with E-state index < -0.39 is 143 Å². The van der Waals surface area contributed by atoms with Crippen LogP contribution >= 0.6 is 7.60 Å². The average molecular weight is 1390 g/mol. The normalized spacial score (nSPS) is 27.4. The molecule has 0 aromatic rings. The van der Waals surface area contributed by atoms with Crippen LogP contribution in [-0.2, 0) is 71.1 Å². The van der Waals surface area contributed by atoms with Gasteiger partial charge in [-0.15, -0.1) is 0 Å². The summed E-state index contributed by atoms with van der Waals surface area (Å²) in [6, 6.07) is -2.04. The van der Waals surface area contributed by atoms with Gasteiger partial charge in [0, 0.05) is 103 Å². The lowest BCUT2D eigenvalue weighted by Gasteiger charge is -2.42. The number of nitrogens with one attached hydrogen (secondary N) is 5. The summed E-state index contributed by atoms with van der Waals surface area (Å²) >= 11 is 0. The fourth-order valence-corrected chi connectivity index (χ4v) is 11.8. The Labute approximate surface area is 559 Å². The van der Waals surface area contributed by atoms with Crippen LogP contribution in [0.5, 0.6) is 0 Å². The summed E-state index contributed by atoms with van der Waals surface area (Å²) in [4.78, 5) is 102. The molecule has 0 spiro atoms. The average Bonchev–Trinajstić information content (AvgIpc) is 0.862. The Balaban J connectivity index is 1.58. The van der Waals surface area contributed by atoms with Gasteiger partial charge >= 0.3 is 7.60 Å². The van der Waals surface area contributed by atoms with Gasteiger partial charge in [-0.05, 0) is 83.5 Å². The van der Waals surface area contributed by atoms with Crippen molar-refractivity contribution in [2.75, 3.05) is 65.9 Å². The van der Waals surface area contributed by atoms with E-state index >= 15 is 0 Å². The van der Waals surface area contributed by atoms with E-state index in [0.29, 0.717) is 116 Å². The lowest BCUT2D eigenvalue weighted by Crippen LogP contribution is -2.64. The Morgan fingerprint density at radius 1 is 0.484 bits per heavy atom. The first-order valence-electron chi connectivity index (χ1n) is 34.4. The van der Waals surface area contributed by atoms with Gasteiger partial charge < -0.3 is 110 Å². The van der Waals surface area contributed by atoms with E-state index in [0.717, 1.165) is 0 Å². The van der Waals surface area contributed by atoms with Crippen LogP contribution in [0.1, 0.15) is 189 Å². The molecule has 3 fully saturated rings. The van der Waals surface area contributed by atoms with Gasteiger partial charge in [-0.2, -0.15) is 0 Å². The summed E-state index contributed by atoms with van der Waals surface area (Å²) in [5.41, 5.74) is -0.599. The van der Waals surface area contributed by atoms with Crippen LogP contribution in [0.4, 0.5) is 0 Å². The third kappa shape index (κ3) is 32.4. The smallest absolute Gasteiger partial charge is 0.330 e. The minimum absolute atomic E-state index is 0.00952. The molecule has 0 radical (unpaired) electrons. The third-order valence-corrected chi connectivity index (χ3v) is 19.3. The highest BCUT2D eigenvalue weighted by molar-refractivity contribution is 7.53. The standard InChI is InChI=1S/C64H116N5O25P/c1-40(2)95(86,87)91-35-28-45(74)23-10-6-16-31-67-61(85)44(22-14-17-29-65-51(76)26-12-8-21-34-90-64-54(68-43(5)73)60(84)59(83)50(39-72)94-64)36-47(75)46(69-53(78)27-13-9-20-33-89-63-42(4)56(80)58(82)49(38-71)93-63)24-15-18-30-66-52(77)25-11-7-19-32-88-62-41(3)55(79)57(81)48(37-70)92-62/h40-42,44,46,48-50,54-60,62-64,70-72,79-84H,6-39H2,1-5H3,(H,65,76)(H,66,77)(H,67,85)(H,68,73)(H,69,78)(H,86,87)/t41-,42-,44?,46?,48?,49?,50?,54-,55?,56?,57-,58-,59-,60?,62+,63+,64+/m0/s1. The summed E-state index contributed by atoms with van der Waals surface area (Å²) < 4.78 is 51.3. The summed E-state index contributed by atoms with van der Waals surface area (Å²) in [7, 11) is -3.80. The van der Waals surface area contributed by atoms with Crippen molar-refractivity contribution in [3.05, 3.63) is 0 Å². The summed E-state index contributed by atoms with van der Waals surface area (Å²) in [6.07, 6.45) is -4.18. The molecule has 9 unspecified atom stereocenters. The summed E-state index contributed by atoms with van der Waals surface area (Å²) in [6.45, 7) is 7.45. The maximum atomic E-state index is 14.4. The van der Waals surface area contributed by atoms with Crippen molar-refractivity contribution in [1.29, 1.82) is 0 Å². The largest absolute Gasteiger partial charge is 0.394 e. The molecule has 30 nitrogen and oxygen atoms in total. The van der Waals surface area contributed by atoms with Crippen molar-refractivity contribution in [2.24, 2.45) is 17.8 Å². The summed E-state index contributed by atoms with van der Waals surface area (Å²) in [5.74, 6) is -3.99. The number of hydrogen-bond acceptors (Lipinski definition) is 24. The molecule has 3 aliphatic heterocycles. The van der Waals surface area contributed by atoms with E-state index in [1.807, 2.05) is 0 Å². The van der Waals surface area contributed by atoms with Crippen molar-refractivity contribution in [2.45, 2.75) is 280 Å². The number of amides is 5. The quantitative estimate of drug-likeness (QED) is 0.0294. The van der Waals surface area contributed by atoms with Crippen LogP contribution < -0.4 is 26.6 Å². The predicted molar refractivity (Wildman–Crippen MR) is 343 cm³/mol. The van der Waals surface area contributed by atoms with E-state index in [4.69, 9.17) is 32.9 Å². The van der Waals surface area contributed by atoms with Crippen molar-refractivity contribution < 1.29 is 122 Å². The molecule has 0 aromatic carbocycles. The van der Waals surface area contributed by atoms with Crippen LogP contribution in [0.15, 0.2) is 0 Å². The number of ketones is 2. The second-order valence-corrected chi connectivity index (χ2v) is 28.1. The number of carbonyl (C=O) groups excluding carboxylic acids is 7. The van der Waals surface area contributed by atoms with E-state index in [1.165, 1.54) is 6.92 Å². The first-order chi connectivity index (χ1) is 45.3. The fourth-order valence-electron chi connectivity index (χ4n) is 11.2. The third-order valence-electron chi connectivity index (χ3n) is 17.4. The minimum Gasteiger partial charge on any atom is -0.394 e. The van der Waals surface area contributed by atoms with Crippen LogP contribution in [0, 0.1) is 17.8 Å². The molecular formula is C64H116N5O25P. The van der Waals surface area contributed by atoms with Gasteiger partial charge in [0.05, 0.1) is 50.3 Å². The molecule has 15 N–H and O–H groups in total. The molecule has 0 aliphatic carbocycles. The summed E-state index contributed by atoms with van der Waals surface area (Å²) in [5, 5.41) is 105. The maximum absolute atomic E-state index is 14.4. The Morgan fingerprint density at radius 3 is 1.39 bits per heavy atom. The van der Waals surface area contributed by atoms with Crippen molar-refractivity contribution in [3.63, 3.8) is 0 Å². The Hall–Kier alpha value is -3.76. The predicted octanol–water partition coefficient (Wildman–Crippen LogP) is 0.691. The van der Waals surface area contributed by atoms with Gasteiger partial charge in [-0.3, -0.25) is 38.1 Å². The highest BCUT2D eigenvalue weighted by atomic mass is 31.2. The highest BCUT2D eigenvalue weighted by Gasteiger charge is 2.46. The number of carbonyl (C=O) groups is 7. The van der Waals surface area contributed by atoms with Gasteiger partial charge in [-0.25, -0.2) is 0 Å². The highest BCUT2D eigenvalue weighted by Crippen LogP contribution is 2.47. The zero-order valence-corrected chi connectivity index (χ0v) is 57.4. The van der Waals surface area contributed by atoms with E-state index in [-0.39, 0.29) is 120 Å². The monoisotopic (exact) mass is 1390 g/mol. The van der Waals surface area contributed by atoms with E-state index in [9.17, 15) is 89.0 Å². The molecular weight excluding hydrogens is 1270 g/mol. The Bertz CT molecular complexity index is 2280. The Morgan fingerprint density at radius 2 is 0.905 bits per heavy atom. The zero-order chi connectivity index (χ0) is 70.5. The molecule has 31 heteroatoms. The number of aliphatic hydroxyl groups is 9. The van der Waals surface area contributed by atoms with E-state index in [2.05, 4.69) is 26.6 Å². The van der Waals surface area contributed by atoms with Gasteiger partial charge in [0.25, 0.3) is 0 Å². The lowest BCUT2D eigenvalue weighted by atomic mass is 9.91. The van der Waals surface area contributed by atoms with Crippen LogP contribution in [0.2, 0.25) is 0 Å². The maximum Gasteiger partial charge on any atom is 0.330 e. The SMILES string of the molecule is CC(=O)N[C@H]1C(O)[C@@H](O)C(CO)O[C@H]1OCCCCCC(=O)NCCCCC(CC(=O)C(CCCCNC(=O)CCCCCO[C@@H]1OC(CO)[C@H](O)C(O)[C@@H]1C)NC(=O)CCCCCO[C@@H]1OC(CO)[C@H](O)C(O)[C@@H]1C)C(=O)NCCCCCC(=O)CCOP(=O)(O)C(C)C. The van der Waals surface area contributed by atoms with Crippen LogP contribution in [0.25, 0.3) is 0 Å². The second kappa shape index (κ2) is 47.3. The van der Waals surface area contributed by atoms with Gasteiger partial charge in [0.1, 0.15) is 54.6 Å². The van der Waals surface area contributed by atoms with Crippen LogP contribution in [0.3, 0.4) is 0 Å². The lowest BCUT2D eigenvalue weighted by molar-refractivity contribution is -0.282. The number of Topliss-reactive ketones (excluding diaryl/α,β-unsaturated/α-hetero) is 2. The molecule has 5 amide bonds. The molecule has 3 heterocycles. The van der Waals surface area contributed by atoms with Crippen molar-refractivity contribution >= 4 is 48.7 Å². The molecule has 18 atom stereocenters. The number of unbranched alkanes of at least 4 members (excludes halogenated alkanes) is 10. The van der Waals surface area contributed by atoms with Crippen LogP contribution in [-0.4, -0.2) is 249 Å². The minimum atomic E-state index is -3.80. The molecule has 3 aliphatic rings. The first-order valence-corrected chi connectivity index (χ1v) is 36.0.